The second-order valence-electron chi connectivity index (χ2n) is 1.92. The van der Waals surface area contributed by atoms with Gasteiger partial charge < -0.3 is 0 Å². The third-order valence-electron chi connectivity index (χ3n) is 1.15. The first-order chi connectivity index (χ1) is 5.54. The van der Waals surface area contributed by atoms with Crippen molar-refractivity contribution in [2.45, 2.75) is 6.43 Å². The van der Waals surface area contributed by atoms with Gasteiger partial charge in [-0.1, -0.05) is 11.6 Å². The van der Waals surface area contributed by atoms with E-state index in [0.29, 0.717) is 8.04 Å². The number of alkyl halides is 2. The van der Waals surface area contributed by atoms with Crippen LogP contribution in [0.5, 0.6) is 0 Å². The standard InChI is InChI=1S/C6H2BrClF2IN/c7-2-1-12-5(6(9)10)4(11)3(2)8/h1,6H. The summed E-state index contributed by atoms with van der Waals surface area (Å²) in [4.78, 5) is 3.55. The predicted octanol–water partition coefficient (Wildman–Crippen LogP) is 4.04. The number of pyridine rings is 1. The molecule has 1 aromatic rings. The van der Waals surface area contributed by atoms with Crippen molar-refractivity contribution >= 4 is 50.1 Å². The Hall–Kier alpha value is 0.510. The minimum absolute atomic E-state index is 0.274. The van der Waals surface area contributed by atoms with Gasteiger partial charge in [0, 0.05) is 6.20 Å². The van der Waals surface area contributed by atoms with Crippen molar-refractivity contribution in [3.63, 3.8) is 0 Å². The summed E-state index contributed by atoms with van der Waals surface area (Å²) in [5.41, 5.74) is -0.274. The van der Waals surface area contributed by atoms with Crippen molar-refractivity contribution in [2.75, 3.05) is 0 Å². The maximum absolute atomic E-state index is 12.2. The lowest BCUT2D eigenvalue weighted by Gasteiger charge is -2.04. The molecule has 0 aliphatic carbocycles. The Morgan fingerprint density at radius 2 is 2.17 bits per heavy atom. The Morgan fingerprint density at radius 3 is 2.67 bits per heavy atom. The van der Waals surface area contributed by atoms with Crippen LogP contribution in [-0.2, 0) is 0 Å². The van der Waals surface area contributed by atoms with Crippen LogP contribution in [0, 0.1) is 3.57 Å². The smallest absolute Gasteiger partial charge is 0.253 e. The van der Waals surface area contributed by atoms with Gasteiger partial charge in [0.15, 0.2) is 0 Å². The van der Waals surface area contributed by atoms with Crippen molar-refractivity contribution in [3.8, 4) is 0 Å². The van der Waals surface area contributed by atoms with Gasteiger partial charge in [-0.2, -0.15) is 0 Å². The quantitative estimate of drug-likeness (QED) is 0.682. The van der Waals surface area contributed by atoms with E-state index in [1.165, 1.54) is 6.20 Å². The lowest BCUT2D eigenvalue weighted by molar-refractivity contribution is 0.145. The van der Waals surface area contributed by atoms with Crippen molar-refractivity contribution in [3.05, 3.63) is 25.0 Å². The molecule has 0 amide bonds. The van der Waals surface area contributed by atoms with Crippen LogP contribution in [0.1, 0.15) is 12.1 Å². The van der Waals surface area contributed by atoms with Gasteiger partial charge in [0.25, 0.3) is 6.43 Å². The molecule has 1 rings (SSSR count). The minimum Gasteiger partial charge on any atom is -0.253 e. The molecule has 0 unspecified atom stereocenters. The highest BCUT2D eigenvalue weighted by atomic mass is 127. The molecule has 0 bridgehead atoms. The van der Waals surface area contributed by atoms with Gasteiger partial charge in [0.05, 0.1) is 13.1 Å². The molecular weight excluding hydrogens is 366 g/mol. The van der Waals surface area contributed by atoms with Crippen molar-refractivity contribution in [2.24, 2.45) is 0 Å². The normalized spacial score (nSPS) is 10.8. The van der Waals surface area contributed by atoms with E-state index in [1.807, 2.05) is 0 Å². The van der Waals surface area contributed by atoms with E-state index in [4.69, 9.17) is 11.6 Å². The van der Waals surface area contributed by atoms with Crippen LogP contribution in [0.2, 0.25) is 5.02 Å². The van der Waals surface area contributed by atoms with Crippen LogP contribution in [0.15, 0.2) is 10.7 Å². The van der Waals surface area contributed by atoms with Gasteiger partial charge in [-0.3, -0.25) is 4.98 Å². The lowest BCUT2D eigenvalue weighted by Crippen LogP contribution is -1.95. The Bertz CT molecular complexity index is 308. The molecule has 0 spiro atoms. The first kappa shape index (κ1) is 10.6. The Balaban J connectivity index is 3.27. The fourth-order valence-corrected chi connectivity index (χ4v) is 2.09. The zero-order chi connectivity index (χ0) is 9.30. The molecule has 0 radical (unpaired) electrons. The Labute approximate surface area is 94.8 Å². The molecule has 0 fully saturated rings. The SMILES string of the molecule is FC(F)c1ncc(Br)c(Cl)c1I. The second-order valence-corrected chi connectivity index (χ2v) is 4.23. The summed E-state index contributed by atoms with van der Waals surface area (Å²) in [5.74, 6) is 0. The van der Waals surface area contributed by atoms with Gasteiger partial charge in [0.1, 0.15) is 5.69 Å². The van der Waals surface area contributed by atoms with E-state index < -0.39 is 6.43 Å². The zero-order valence-electron chi connectivity index (χ0n) is 5.49. The van der Waals surface area contributed by atoms with Crippen LogP contribution in [0.4, 0.5) is 8.78 Å². The predicted molar refractivity (Wildman–Crippen MR) is 54.6 cm³/mol. The number of rotatable bonds is 1. The number of hydrogen-bond donors (Lipinski definition) is 0. The summed E-state index contributed by atoms with van der Waals surface area (Å²) in [5, 5.41) is 0.279. The van der Waals surface area contributed by atoms with Crippen molar-refractivity contribution in [1.29, 1.82) is 0 Å². The molecule has 0 N–H and O–H groups in total. The van der Waals surface area contributed by atoms with Crippen LogP contribution >= 0.6 is 50.1 Å². The highest BCUT2D eigenvalue weighted by molar-refractivity contribution is 14.1. The topological polar surface area (TPSA) is 12.9 Å². The minimum atomic E-state index is -2.58. The largest absolute Gasteiger partial charge is 0.281 e. The molecule has 0 atom stereocenters. The summed E-state index contributed by atoms with van der Waals surface area (Å²) in [7, 11) is 0. The van der Waals surface area contributed by atoms with Crippen LogP contribution < -0.4 is 0 Å². The number of nitrogens with zero attached hydrogens (tertiary/aromatic N) is 1. The van der Waals surface area contributed by atoms with Crippen molar-refractivity contribution < 1.29 is 8.78 Å². The van der Waals surface area contributed by atoms with Crippen molar-refractivity contribution in [1.82, 2.24) is 4.98 Å². The highest BCUT2D eigenvalue weighted by Gasteiger charge is 2.16. The van der Waals surface area contributed by atoms with E-state index in [9.17, 15) is 8.78 Å². The van der Waals surface area contributed by atoms with Crippen LogP contribution in [-0.4, -0.2) is 4.98 Å². The lowest BCUT2D eigenvalue weighted by atomic mass is 10.4. The number of hydrogen-bond acceptors (Lipinski definition) is 1. The molecule has 1 nitrogen and oxygen atoms in total. The maximum Gasteiger partial charge on any atom is 0.281 e. The molecule has 12 heavy (non-hydrogen) atoms. The maximum atomic E-state index is 12.2. The Kier molecular flexibility index (Phi) is 3.66. The van der Waals surface area contributed by atoms with Gasteiger partial charge >= 0.3 is 0 Å². The molecule has 6 heteroatoms. The molecule has 0 aliphatic heterocycles. The molecule has 66 valence electrons. The molecule has 1 heterocycles. The van der Waals surface area contributed by atoms with E-state index in [0.717, 1.165) is 0 Å². The van der Waals surface area contributed by atoms with E-state index >= 15 is 0 Å². The summed E-state index contributed by atoms with van der Waals surface area (Å²) < 4.78 is 25.2. The van der Waals surface area contributed by atoms with Gasteiger partial charge in [-0.25, -0.2) is 8.78 Å². The number of aromatic nitrogens is 1. The summed E-state index contributed by atoms with van der Waals surface area (Å²) >= 11 is 10.5. The molecule has 0 aliphatic rings. The first-order valence-corrected chi connectivity index (χ1v) is 5.06. The molecule has 0 saturated carbocycles. The first-order valence-electron chi connectivity index (χ1n) is 2.81. The van der Waals surface area contributed by atoms with Crippen LogP contribution in [0.3, 0.4) is 0 Å². The van der Waals surface area contributed by atoms with Crippen LogP contribution in [0.25, 0.3) is 0 Å². The third-order valence-corrected chi connectivity index (χ3v) is 3.78. The van der Waals surface area contributed by atoms with Gasteiger partial charge in [-0.15, -0.1) is 0 Å². The second kappa shape index (κ2) is 4.15. The molecule has 1 aromatic heterocycles. The fraction of sp³-hybridized carbons (Fsp3) is 0.167. The number of halogens is 5. The summed E-state index contributed by atoms with van der Waals surface area (Å²) in [6, 6.07) is 0. The highest BCUT2D eigenvalue weighted by Crippen LogP contribution is 2.32. The van der Waals surface area contributed by atoms with E-state index in [1.54, 1.807) is 22.6 Å². The third kappa shape index (κ3) is 2.05. The summed E-state index contributed by atoms with van der Waals surface area (Å²) in [6.07, 6.45) is -1.31. The summed E-state index contributed by atoms with van der Waals surface area (Å²) in [6.45, 7) is 0. The van der Waals surface area contributed by atoms with E-state index in [2.05, 4.69) is 20.9 Å². The Morgan fingerprint density at radius 1 is 1.58 bits per heavy atom. The fourth-order valence-electron chi connectivity index (χ4n) is 0.609. The monoisotopic (exact) mass is 367 g/mol. The van der Waals surface area contributed by atoms with Gasteiger partial charge in [-0.05, 0) is 38.5 Å². The zero-order valence-corrected chi connectivity index (χ0v) is 9.99. The molecule has 0 aromatic carbocycles. The van der Waals surface area contributed by atoms with E-state index in [-0.39, 0.29) is 10.7 Å². The average Bonchev–Trinajstić information content (AvgIpc) is 2.00. The van der Waals surface area contributed by atoms with Gasteiger partial charge in [0.2, 0.25) is 0 Å². The molecule has 0 saturated heterocycles. The average molecular weight is 368 g/mol. The molecular formula is C6H2BrClF2IN.